The third-order valence-corrected chi connectivity index (χ3v) is 3.83. The molecule has 1 aromatic carbocycles. The predicted octanol–water partition coefficient (Wildman–Crippen LogP) is 3.02. The predicted molar refractivity (Wildman–Crippen MR) is 82.5 cm³/mol. The maximum Gasteiger partial charge on any atom is 0.138 e. The van der Waals surface area contributed by atoms with Crippen molar-refractivity contribution in [2.24, 2.45) is 5.92 Å². The van der Waals surface area contributed by atoms with E-state index in [2.05, 4.69) is 52.0 Å². The van der Waals surface area contributed by atoms with E-state index in [0.717, 1.165) is 23.1 Å². The summed E-state index contributed by atoms with van der Waals surface area (Å²) in [6, 6.07) is 8.51. The number of benzene rings is 1. The summed E-state index contributed by atoms with van der Waals surface area (Å²) >= 11 is 3.43. The van der Waals surface area contributed by atoms with Crippen molar-refractivity contribution < 1.29 is 5.11 Å². The molecule has 1 atom stereocenters. The SMILES string of the molecule is CC(C)n1ncnc1CC(CO)Cc1ccc(Br)cc1. The number of aliphatic hydroxyl groups excluding tert-OH is 1. The number of nitrogens with zero attached hydrogens (tertiary/aromatic N) is 3. The van der Waals surface area contributed by atoms with E-state index in [4.69, 9.17) is 0 Å². The highest BCUT2D eigenvalue weighted by Gasteiger charge is 2.15. The van der Waals surface area contributed by atoms with Crippen molar-refractivity contribution in [1.29, 1.82) is 0 Å². The topological polar surface area (TPSA) is 50.9 Å². The second-order valence-electron chi connectivity index (χ2n) is 5.30. The molecule has 0 spiro atoms. The van der Waals surface area contributed by atoms with Gasteiger partial charge in [0.2, 0.25) is 0 Å². The lowest BCUT2D eigenvalue weighted by Gasteiger charge is -2.16. The minimum absolute atomic E-state index is 0.154. The summed E-state index contributed by atoms with van der Waals surface area (Å²) in [6.45, 7) is 4.32. The third kappa shape index (κ3) is 3.90. The Bertz CT molecular complexity index is 536. The van der Waals surface area contributed by atoms with Gasteiger partial charge < -0.3 is 5.11 Å². The molecular weight excluding hydrogens is 318 g/mol. The van der Waals surface area contributed by atoms with Gasteiger partial charge in [-0.2, -0.15) is 5.10 Å². The van der Waals surface area contributed by atoms with Gasteiger partial charge in [-0.3, -0.25) is 0 Å². The smallest absolute Gasteiger partial charge is 0.138 e. The maximum atomic E-state index is 9.60. The molecule has 108 valence electrons. The zero-order chi connectivity index (χ0) is 14.5. The Hall–Kier alpha value is -1.20. The fourth-order valence-electron chi connectivity index (χ4n) is 2.26. The summed E-state index contributed by atoms with van der Waals surface area (Å²) in [7, 11) is 0. The molecule has 2 rings (SSSR count). The highest BCUT2D eigenvalue weighted by molar-refractivity contribution is 9.10. The molecule has 1 unspecified atom stereocenters. The molecule has 0 saturated heterocycles. The summed E-state index contributed by atoms with van der Waals surface area (Å²) in [5.41, 5.74) is 1.22. The summed E-state index contributed by atoms with van der Waals surface area (Å²) in [4.78, 5) is 4.31. The van der Waals surface area contributed by atoms with Crippen LogP contribution in [0.15, 0.2) is 35.1 Å². The van der Waals surface area contributed by atoms with Gasteiger partial charge in [-0.05, 0) is 43.9 Å². The van der Waals surface area contributed by atoms with Crippen LogP contribution in [0.5, 0.6) is 0 Å². The molecule has 0 bridgehead atoms. The Balaban J connectivity index is 2.05. The molecule has 0 aliphatic heterocycles. The van der Waals surface area contributed by atoms with E-state index in [1.807, 2.05) is 16.8 Å². The van der Waals surface area contributed by atoms with Crippen molar-refractivity contribution in [3.63, 3.8) is 0 Å². The third-order valence-electron chi connectivity index (χ3n) is 3.30. The highest BCUT2D eigenvalue weighted by Crippen LogP contribution is 2.17. The summed E-state index contributed by atoms with van der Waals surface area (Å²) < 4.78 is 2.99. The Morgan fingerprint density at radius 3 is 2.50 bits per heavy atom. The van der Waals surface area contributed by atoms with E-state index >= 15 is 0 Å². The first kappa shape index (κ1) is 15.2. The van der Waals surface area contributed by atoms with E-state index in [9.17, 15) is 5.11 Å². The van der Waals surface area contributed by atoms with Crippen molar-refractivity contribution in [3.8, 4) is 0 Å². The lowest BCUT2D eigenvalue weighted by atomic mass is 9.96. The molecule has 1 heterocycles. The lowest BCUT2D eigenvalue weighted by Crippen LogP contribution is -2.17. The molecule has 0 amide bonds. The van der Waals surface area contributed by atoms with Gasteiger partial charge in [-0.25, -0.2) is 9.67 Å². The number of rotatable bonds is 6. The fourth-order valence-corrected chi connectivity index (χ4v) is 2.53. The molecule has 1 aromatic heterocycles. The van der Waals surface area contributed by atoms with Crippen LogP contribution in [0, 0.1) is 5.92 Å². The normalized spacial score (nSPS) is 12.8. The Morgan fingerprint density at radius 1 is 1.20 bits per heavy atom. The number of aliphatic hydroxyl groups is 1. The highest BCUT2D eigenvalue weighted by atomic mass is 79.9. The van der Waals surface area contributed by atoms with Gasteiger partial charge >= 0.3 is 0 Å². The minimum atomic E-state index is 0.154. The van der Waals surface area contributed by atoms with E-state index in [0.29, 0.717) is 6.04 Å². The first-order valence-electron chi connectivity index (χ1n) is 6.83. The van der Waals surface area contributed by atoms with Crippen molar-refractivity contribution in [2.75, 3.05) is 6.61 Å². The van der Waals surface area contributed by atoms with E-state index in [-0.39, 0.29) is 12.5 Å². The van der Waals surface area contributed by atoms with E-state index in [1.54, 1.807) is 6.33 Å². The van der Waals surface area contributed by atoms with Crippen LogP contribution in [-0.2, 0) is 12.8 Å². The second-order valence-corrected chi connectivity index (χ2v) is 6.21. The van der Waals surface area contributed by atoms with Crippen LogP contribution in [0.3, 0.4) is 0 Å². The molecule has 20 heavy (non-hydrogen) atoms. The number of halogens is 1. The molecule has 4 nitrogen and oxygen atoms in total. The van der Waals surface area contributed by atoms with Gasteiger partial charge in [0.15, 0.2) is 0 Å². The van der Waals surface area contributed by atoms with Crippen LogP contribution in [0.25, 0.3) is 0 Å². The monoisotopic (exact) mass is 337 g/mol. The zero-order valence-electron chi connectivity index (χ0n) is 11.8. The van der Waals surface area contributed by atoms with Crippen molar-refractivity contribution >= 4 is 15.9 Å². The summed E-state index contributed by atoms with van der Waals surface area (Å²) in [6.07, 6.45) is 3.17. The molecule has 0 saturated carbocycles. The van der Waals surface area contributed by atoms with Gasteiger partial charge in [-0.1, -0.05) is 28.1 Å². The van der Waals surface area contributed by atoms with Crippen LogP contribution in [0.1, 0.15) is 31.3 Å². The largest absolute Gasteiger partial charge is 0.396 e. The molecule has 0 radical (unpaired) electrons. The second kappa shape index (κ2) is 6.99. The Morgan fingerprint density at radius 2 is 1.90 bits per heavy atom. The fraction of sp³-hybridized carbons (Fsp3) is 0.467. The van der Waals surface area contributed by atoms with Crippen molar-refractivity contribution in [2.45, 2.75) is 32.7 Å². The van der Waals surface area contributed by atoms with Crippen molar-refractivity contribution in [3.05, 3.63) is 46.5 Å². The van der Waals surface area contributed by atoms with Gasteiger partial charge in [0.25, 0.3) is 0 Å². The molecule has 0 aliphatic rings. The zero-order valence-corrected chi connectivity index (χ0v) is 13.4. The Kier molecular flexibility index (Phi) is 5.31. The van der Waals surface area contributed by atoms with Crippen LogP contribution in [-0.4, -0.2) is 26.5 Å². The van der Waals surface area contributed by atoms with Gasteiger partial charge in [0, 0.05) is 23.5 Å². The van der Waals surface area contributed by atoms with E-state index < -0.39 is 0 Å². The van der Waals surface area contributed by atoms with Gasteiger partial charge in [0.05, 0.1) is 0 Å². The average molecular weight is 338 g/mol. The quantitative estimate of drug-likeness (QED) is 0.881. The standard InChI is InChI=1S/C15H20BrN3O/c1-11(2)19-15(17-10-18-19)8-13(9-20)7-12-3-5-14(16)6-4-12/h3-6,10-11,13,20H,7-9H2,1-2H3. The van der Waals surface area contributed by atoms with Crippen molar-refractivity contribution in [1.82, 2.24) is 14.8 Å². The average Bonchev–Trinajstić information content (AvgIpc) is 2.88. The number of hydrogen-bond donors (Lipinski definition) is 1. The van der Waals surface area contributed by atoms with E-state index in [1.165, 1.54) is 5.56 Å². The summed E-state index contributed by atoms with van der Waals surface area (Å²) in [5.74, 6) is 1.11. The van der Waals surface area contributed by atoms with Crippen LogP contribution in [0.2, 0.25) is 0 Å². The van der Waals surface area contributed by atoms with Crippen LogP contribution in [0.4, 0.5) is 0 Å². The first-order chi connectivity index (χ1) is 9.60. The molecule has 0 fully saturated rings. The number of hydrogen-bond acceptors (Lipinski definition) is 3. The van der Waals surface area contributed by atoms with Crippen LogP contribution >= 0.6 is 15.9 Å². The minimum Gasteiger partial charge on any atom is -0.396 e. The molecule has 0 aliphatic carbocycles. The lowest BCUT2D eigenvalue weighted by molar-refractivity contribution is 0.221. The number of aromatic nitrogens is 3. The van der Waals surface area contributed by atoms with Gasteiger partial charge in [0.1, 0.15) is 12.2 Å². The molecule has 2 aromatic rings. The summed E-state index contributed by atoms with van der Waals surface area (Å²) in [5, 5.41) is 13.8. The molecular formula is C15H20BrN3O. The van der Waals surface area contributed by atoms with Gasteiger partial charge in [-0.15, -0.1) is 0 Å². The maximum absolute atomic E-state index is 9.60. The molecule has 5 heteroatoms. The molecule has 1 N–H and O–H groups in total. The Labute approximate surface area is 128 Å². The van der Waals surface area contributed by atoms with Crippen LogP contribution < -0.4 is 0 Å². The first-order valence-corrected chi connectivity index (χ1v) is 7.63.